The second-order valence-electron chi connectivity index (χ2n) is 6.13. The molecule has 1 aromatic carbocycles. The molecule has 2 aromatic rings. The fourth-order valence-electron chi connectivity index (χ4n) is 3.13. The Morgan fingerprint density at radius 1 is 1.41 bits per heavy atom. The van der Waals surface area contributed by atoms with Crippen molar-refractivity contribution >= 4 is 23.4 Å². The largest absolute Gasteiger partial charge is 0.494 e. The maximum Gasteiger partial charge on any atom is 0.342 e. The Bertz CT molecular complexity index is 930. The molecule has 0 unspecified atom stereocenters. The Kier molecular flexibility index (Phi) is 4.98. The molecule has 2 heterocycles. The average molecular weight is 373 g/mol. The molecular formula is C19H20FN3O4. The zero-order valence-corrected chi connectivity index (χ0v) is 15.3. The molecular weight excluding hydrogens is 353 g/mol. The minimum Gasteiger partial charge on any atom is -0.494 e. The lowest BCUT2D eigenvalue weighted by molar-refractivity contribution is -0.117. The van der Waals surface area contributed by atoms with Gasteiger partial charge in [0.15, 0.2) is 11.6 Å². The molecule has 1 amide bonds. The maximum absolute atomic E-state index is 13.9. The third kappa shape index (κ3) is 3.30. The number of carbonyl (C=O) groups is 2. The number of hydrogen-bond acceptors (Lipinski definition) is 6. The number of aryl methyl sites for hydroxylation is 1. The first-order valence-electron chi connectivity index (χ1n) is 8.46. The van der Waals surface area contributed by atoms with Gasteiger partial charge in [0.05, 0.1) is 38.1 Å². The Hall–Kier alpha value is -3.16. The lowest BCUT2D eigenvalue weighted by Gasteiger charge is -2.19. The Morgan fingerprint density at radius 2 is 2.15 bits per heavy atom. The summed E-state index contributed by atoms with van der Waals surface area (Å²) in [6.07, 6.45) is 0.0273. The van der Waals surface area contributed by atoms with Crippen LogP contribution < -0.4 is 15.4 Å². The van der Waals surface area contributed by atoms with Crippen molar-refractivity contribution in [3.63, 3.8) is 0 Å². The number of methoxy groups -OCH3 is 1. The number of nitrogen functional groups attached to an aromatic ring is 1. The minimum absolute atomic E-state index is 0.0273. The summed E-state index contributed by atoms with van der Waals surface area (Å²) in [5.41, 5.74) is 7.99. The number of rotatable bonds is 5. The predicted octanol–water partition coefficient (Wildman–Crippen LogP) is 2.39. The highest BCUT2D eigenvalue weighted by molar-refractivity contribution is 6.05. The van der Waals surface area contributed by atoms with Crippen molar-refractivity contribution in [2.45, 2.75) is 26.8 Å². The Balaban J connectivity index is 1.97. The molecule has 27 heavy (non-hydrogen) atoms. The van der Waals surface area contributed by atoms with E-state index in [1.54, 1.807) is 19.9 Å². The van der Waals surface area contributed by atoms with Gasteiger partial charge in [-0.25, -0.2) is 14.2 Å². The number of halogens is 1. The molecule has 0 radical (unpaired) electrons. The number of ether oxygens (including phenoxy) is 2. The van der Waals surface area contributed by atoms with E-state index < -0.39 is 11.8 Å². The minimum atomic E-state index is -0.564. The van der Waals surface area contributed by atoms with Crippen molar-refractivity contribution in [1.29, 1.82) is 0 Å². The van der Waals surface area contributed by atoms with Crippen LogP contribution in [-0.2, 0) is 22.5 Å². The first kappa shape index (κ1) is 18.6. The van der Waals surface area contributed by atoms with Crippen molar-refractivity contribution in [2.75, 3.05) is 24.4 Å². The summed E-state index contributed by atoms with van der Waals surface area (Å²) >= 11 is 0. The summed E-state index contributed by atoms with van der Waals surface area (Å²) in [5, 5.41) is 0. The third-order valence-electron chi connectivity index (χ3n) is 4.42. The monoisotopic (exact) mass is 373 g/mol. The van der Waals surface area contributed by atoms with Gasteiger partial charge in [0.25, 0.3) is 0 Å². The van der Waals surface area contributed by atoms with Gasteiger partial charge in [-0.15, -0.1) is 0 Å². The molecule has 0 fully saturated rings. The zero-order chi connectivity index (χ0) is 19.7. The summed E-state index contributed by atoms with van der Waals surface area (Å²) in [6, 6.07) is 4.49. The molecule has 0 bridgehead atoms. The van der Waals surface area contributed by atoms with E-state index in [-0.39, 0.29) is 42.5 Å². The predicted molar refractivity (Wildman–Crippen MR) is 97.2 cm³/mol. The number of hydrogen-bond donors (Lipinski definition) is 1. The average Bonchev–Trinajstić information content (AvgIpc) is 2.92. The van der Waals surface area contributed by atoms with Crippen LogP contribution in [-0.4, -0.2) is 30.6 Å². The highest BCUT2D eigenvalue weighted by atomic mass is 19.1. The normalized spacial score (nSPS) is 12.9. The molecule has 0 aliphatic carbocycles. The molecule has 0 saturated heterocycles. The molecule has 0 spiro atoms. The number of benzene rings is 1. The van der Waals surface area contributed by atoms with E-state index in [2.05, 4.69) is 4.98 Å². The van der Waals surface area contributed by atoms with Crippen LogP contribution in [0.4, 0.5) is 15.9 Å². The number of nitrogens with two attached hydrogens (primary N) is 1. The van der Waals surface area contributed by atoms with Gasteiger partial charge < -0.3 is 15.2 Å². The fourth-order valence-corrected chi connectivity index (χ4v) is 3.13. The van der Waals surface area contributed by atoms with Crippen molar-refractivity contribution in [3.05, 3.63) is 46.4 Å². The third-order valence-corrected chi connectivity index (χ3v) is 4.42. The molecule has 0 atom stereocenters. The molecule has 2 N–H and O–H groups in total. The number of esters is 1. The van der Waals surface area contributed by atoms with Crippen LogP contribution in [0.25, 0.3) is 0 Å². The summed E-state index contributed by atoms with van der Waals surface area (Å²) in [6.45, 7) is 3.68. The lowest BCUT2D eigenvalue weighted by Crippen LogP contribution is -2.27. The number of nitrogens with zero attached hydrogens (tertiary/aromatic N) is 2. The topological polar surface area (TPSA) is 94.8 Å². The van der Waals surface area contributed by atoms with E-state index >= 15 is 0 Å². The molecule has 1 aliphatic heterocycles. The molecule has 1 aliphatic rings. The molecule has 0 saturated carbocycles. The quantitative estimate of drug-likeness (QED) is 0.809. The summed E-state index contributed by atoms with van der Waals surface area (Å²) in [5.74, 6) is -0.779. The highest BCUT2D eigenvalue weighted by Gasteiger charge is 2.34. The highest BCUT2D eigenvalue weighted by Crippen LogP contribution is 2.36. The lowest BCUT2D eigenvalue weighted by atomic mass is 10.1. The van der Waals surface area contributed by atoms with Gasteiger partial charge in [-0.05, 0) is 31.5 Å². The van der Waals surface area contributed by atoms with Crippen LogP contribution in [0.3, 0.4) is 0 Å². The Morgan fingerprint density at radius 3 is 2.78 bits per heavy atom. The first-order valence-corrected chi connectivity index (χ1v) is 8.46. The van der Waals surface area contributed by atoms with E-state index in [0.717, 1.165) is 0 Å². The zero-order valence-electron chi connectivity index (χ0n) is 15.3. The smallest absolute Gasteiger partial charge is 0.342 e. The van der Waals surface area contributed by atoms with Crippen molar-refractivity contribution < 1.29 is 23.5 Å². The molecule has 3 rings (SSSR count). The van der Waals surface area contributed by atoms with E-state index in [1.165, 1.54) is 24.1 Å². The summed E-state index contributed by atoms with van der Waals surface area (Å²) in [7, 11) is 1.38. The second-order valence-corrected chi connectivity index (χ2v) is 6.13. The number of carbonyl (C=O) groups excluding carboxylic acids is 2. The summed E-state index contributed by atoms with van der Waals surface area (Å²) in [4.78, 5) is 30.5. The molecule has 7 nitrogen and oxygen atoms in total. The van der Waals surface area contributed by atoms with Crippen molar-refractivity contribution in [1.82, 2.24) is 4.98 Å². The Labute approximate surface area is 155 Å². The van der Waals surface area contributed by atoms with Gasteiger partial charge in [-0.2, -0.15) is 0 Å². The molecule has 142 valence electrons. The van der Waals surface area contributed by atoms with E-state index in [4.69, 9.17) is 15.2 Å². The van der Waals surface area contributed by atoms with Crippen LogP contribution in [0, 0.1) is 12.7 Å². The molecule has 1 aromatic heterocycles. The number of anilines is 2. The van der Waals surface area contributed by atoms with Gasteiger partial charge in [0.2, 0.25) is 5.91 Å². The van der Waals surface area contributed by atoms with E-state index in [0.29, 0.717) is 22.6 Å². The van der Waals surface area contributed by atoms with Gasteiger partial charge in [-0.3, -0.25) is 9.69 Å². The summed E-state index contributed by atoms with van der Waals surface area (Å²) < 4.78 is 23.9. The van der Waals surface area contributed by atoms with Crippen molar-refractivity contribution in [3.8, 4) is 5.75 Å². The number of fused-ring (bicyclic) bond motifs is 1. The number of amides is 1. The standard InChI is InChI=1S/C19H20FN3O4/c1-4-27-19(25)16-10(2)22-18-12(17(16)21)8-15(24)23(18)9-11-5-6-14(26-3)13(20)7-11/h5-7H,4,8-9H2,1-3H3,(H2,21,22). The van der Waals surface area contributed by atoms with Crippen LogP contribution in [0.15, 0.2) is 18.2 Å². The van der Waals surface area contributed by atoms with Crippen LogP contribution >= 0.6 is 0 Å². The van der Waals surface area contributed by atoms with E-state index in [1.807, 2.05) is 0 Å². The van der Waals surface area contributed by atoms with Gasteiger partial charge in [0, 0.05) is 5.56 Å². The second kappa shape index (κ2) is 7.22. The SMILES string of the molecule is CCOC(=O)c1c(C)nc2c(c1N)CC(=O)N2Cc1ccc(OC)c(F)c1. The number of pyridine rings is 1. The van der Waals surface area contributed by atoms with Crippen molar-refractivity contribution in [2.24, 2.45) is 0 Å². The van der Waals surface area contributed by atoms with Crippen LogP contribution in [0.5, 0.6) is 5.75 Å². The van der Waals surface area contributed by atoms with Gasteiger partial charge >= 0.3 is 5.97 Å². The van der Waals surface area contributed by atoms with Crippen LogP contribution in [0.2, 0.25) is 0 Å². The molecule has 8 heteroatoms. The maximum atomic E-state index is 13.9. The van der Waals surface area contributed by atoms with Gasteiger partial charge in [-0.1, -0.05) is 6.07 Å². The number of aromatic nitrogens is 1. The van der Waals surface area contributed by atoms with E-state index in [9.17, 15) is 14.0 Å². The van der Waals surface area contributed by atoms with Crippen LogP contribution in [0.1, 0.15) is 34.1 Å². The van der Waals surface area contributed by atoms with Gasteiger partial charge in [0.1, 0.15) is 11.4 Å². The fraction of sp³-hybridized carbons (Fsp3) is 0.316. The first-order chi connectivity index (χ1) is 12.9.